The molecule has 3 rings (SSSR count). The third-order valence-corrected chi connectivity index (χ3v) is 4.48. The van der Waals surface area contributed by atoms with Gasteiger partial charge in [-0.15, -0.1) is 0 Å². The number of aromatic nitrogens is 1. The number of hydrogen-bond acceptors (Lipinski definition) is 3. The molecular weight excluding hydrogens is 351 g/mol. The first-order valence-electron chi connectivity index (χ1n) is 7.41. The summed E-state index contributed by atoms with van der Waals surface area (Å²) in [5, 5.41) is 3.26. The van der Waals surface area contributed by atoms with Gasteiger partial charge in [0.25, 0.3) is 11.5 Å². The molecule has 1 heterocycles. The Morgan fingerprint density at radius 3 is 2.67 bits per heavy atom. The number of fused-ring (bicyclic) bond motifs is 1. The van der Waals surface area contributed by atoms with Crippen molar-refractivity contribution >= 4 is 40.6 Å². The van der Waals surface area contributed by atoms with E-state index in [2.05, 4.69) is 10.3 Å². The molecule has 1 amide bonds. The Morgan fingerprint density at radius 1 is 1.21 bits per heavy atom. The molecule has 0 aliphatic heterocycles. The minimum Gasteiger partial charge on any atom is -0.325 e. The quantitative estimate of drug-likeness (QED) is 0.852. The van der Waals surface area contributed by atoms with Crippen LogP contribution in [0.15, 0.2) is 29.1 Å². The van der Waals surface area contributed by atoms with Gasteiger partial charge in [-0.25, -0.2) is 0 Å². The molecular formula is C17H14Cl2N2O3. The van der Waals surface area contributed by atoms with Gasteiger partial charge in [-0.2, -0.15) is 0 Å². The number of anilines is 1. The lowest BCUT2D eigenvalue weighted by atomic mass is 9.86. The van der Waals surface area contributed by atoms with E-state index in [-0.39, 0.29) is 22.3 Å². The molecule has 2 aromatic rings. The molecule has 0 spiro atoms. The Kier molecular flexibility index (Phi) is 4.47. The lowest BCUT2D eigenvalue weighted by Gasteiger charge is -2.20. The molecule has 1 aliphatic carbocycles. The van der Waals surface area contributed by atoms with Gasteiger partial charge in [0, 0.05) is 22.7 Å². The molecule has 1 aromatic carbocycles. The maximum Gasteiger partial charge on any atom is 0.261 e. The van der Waals surface area contributed by atoms with Gasteiger partial charge in [-0.05, 0) is 36.6 Å². The largest absolute Gasteiger partial charge is 0.325 e. The van der Waals surface area contributed by atoms with Crippen LogP contribution in [-0.2, 0) is 6.42 Å². The summed E-state index contributed by atoms with van der Waals surface area (Å²) in [6.45, 7) is 1.95. The van der Waals surface area contributed by atoms with Crippen molar-refractivity contribution < 1.29 is 9.59 Å². The Labute approximate surface area is 148 Å². The maximum atomic E-state index is 12.4. The summed E-state index contributed by atoms with van der Waals surface area (Å²) in [6.07, 6.45) is 1.02. The molecule has 24 heavy (non-hydrogen) atoms. The highest BCUT2D eigenvalue weighted by molar-refractivity contribution is 6.36. The van der Waals surface area contributed by atoms with Crippen molar-refractivity contribution in [2.45, 2.75) is 19.8 Å². The van der Waals surface area contributed by atoms with E-state index < -0.39 is 11.5 Å². The number of halogens is 2. The Balaban J connectivity index is 1.95. The molecule has 0 fully saturated rings. The Bertz CT molecular complexity index is 905. The highest BCUT2D eigenvalue weighted by atomic mass is 35.5. The maximum absolute atomic E-state index is 12.4. The van der Waals surface area contributed by atoms with E-state index in [4.69, 9.17) is 23.2 Å². The zero-order valence-electron chi connectivity index (χ0n) is 12.8. The standard InChI is InChI=1S/C17H14Cl2N2O3/c1-8-4-14-10(15(22)5-8)7-11(17(24)21-14)16(23)20-13-3-2-9(18)6-12(13)19/h2-3,6-8H,4-5H2,1H3,(H,20,23)(H,21,24). The lowest BCUT2D eigenvalue weighted by molar-refractivity contribution is 0.0952. The van der Waals surface area contributed by atoms with Crippen LogP contribution in [0.5, 0.6) is 0 Å². The number of carbonyl (C=O) groups excluding carboxylic acids is 2. The molecule has 1 aliphatic rings. The SMILES string of the molecule is CC1CC(=O)c2cc(C(=O)Nc3ccc(Cl)cc3Cl)c(=O)[nH]c2C1. The average molecular weight is 365 g/mol. The van der Waals surface area contributed by atoms with Crippen molar-refractivity contribution in [1.82, 2.24) is 4.98 Å². The number of Topliss-reactive ketones (excluding diaryl/α,β-unsaturated/α-hetero) is 1. The van der Waals surface area contributed by atoms with E-state index in [1.54, 1.807) is 12.1 Å². The second-order valence-electron chi connectivity index (χ2n) is 5.92. The summed E-state index contributed by atoms with van der Waals surface area (Å²) in [6, 6.07) is 5.97. The number of pyridine rings is 1. The molecule has 7 heteroatoms. The van der Waals surface area contributed by atoms with Crippen molar-refractivity contribution in [3.63, 3.8) is 0 Å². The van der Waals surface area contributed by atoms with Gasteiger partial charge in [0.2, 0.25) is 0 Å². The van der Waals surface area contributed by atoms with Crippen LogP contribution in [0.2, 0.25) is 10.0 Å². The van der Waals surface area contributed by atoms with Gasteiger partial charge in [0.1, 0.15) is 5.56 Å². The number of H-pyrrole nitrogens is 1. The number of aromatic amines is 1. The predicted molar refractivity (Wildman–Crippen MR) is 93.3 cm³/mol. The molecule has 1 atom stereocenters. The monoisotopic (exact) mass is 364 g/mol. The van der Waals surface area contributed by atoms with Crippen LogP contribution in [0.4, 0.5) is 5.69 Å². The van der Waals surface area contributed by atoms with Gasteiger partial charge >= 0.3 is 0 Å². The van der Waals surface area contributed by atoms with E-state index in [1.165, 1.54) is 12.1 Å². The van der Waals surface area contributed by atoms with Crippen LogP contribution in [-0.4, -0.2) is 16.7 Å². The minimum absolute atomic E-state index is 0.0708. The van der Waals surface area contributed by atoms with Gasteiger partial charge in [0.15, 0.2) is 5.78 Å². The summed E-state index contributed by atoms with van der Waals surface area (Å²) in [4.78, 5) is 39.4. The highest BCUT2D eigenvalue weighted by Gasteiger charge is 2.25. The van der Waals surface area contributed by atoms with Crippen LogP contribution < -0.4 is 10.9 Å². The number of amides is 1. The van der Waals surface area contributed by atoms with Gasteiger partial charge in [-0.3, -0.25) is 14.4 Å². The number of ketones is 1. The first-order chi connectivity index (χ1) is 11.3. The number of nitrogens with one attached hydrogen (secondary N) is 2. The summed E-state index contributed by atoms with van der Waals surface area (Å²) in [7, 11) is 0. The zero-order chi connectivity index (χ0) is 17.4. The highest BCUT2D eigenvalue weighted by Crippen LogP contribution is 2.26. The van der Waals surface area contributed by atoms with E-state index in [9.17, 15) is 14.4 Å². The fraction of sp³-hybridized carbons (Fsp3) is 0.235. The van der Waals surface area contributed by atoms with Crippen LogP contribution >= 0.6 is 23.2 Å². The molecule has 0 saturated carbocycles. The second-order valence-corrected chi connectivity index (χ2v) is 6.76. The van der Waals surface area contributed by atoms with Crippen LogP contribution in [0.1, 0.15) is 39.8 Å². The van der Waals surface area contributed by atoms with Crippen LogP contribution in [0.3, 0.4) is 0 Å². The van der Waals surface area contributed by atoms with Crippen molar-refractivity contribution in [2.75, 3.05) is 5.32 Å². The van der Waals surface area contributed by atoms with Crippen LogP contribution in [0, 0.1) is 5.92 Å². The normalized spacial score (nSPS) is 16.6. The summed E-state index contributed by atoms with van der Waals surface area (Å²) in [5.41, 5.74) is 0.675. The Hall–Kier alpha value is -2.11. The topological polar surface area (TPSA) is 79.0 Å². The summed E-state index contributed by atoms with van der Waals surface area (Å²) in [5.74, 6) is -0.526. The summed E-state index contributed by atoms with van der Waals surface area (Å²) < 4.78 is 0. The van der Waals surface area contributed by atoms with E-state index in [1.807, 2.05) is 6.92 Å². The molecule has 1 aromatic heterocycles. The Morgan fingerprint density at radius 2 is 1.96 bits per heavy atom. The molecule has 124 valence electrons. The van der Waals surface area contributed by atoms with E-state index >= 15 is 0 Å². The first kappa shape index (κ1) is 16.7. The van der Waals surface area contributed by atoms with Crippen molar-refractivity contribution in [3.8, 4) is 0 Å². The number of carbonyl (C=O) groups is 2. The number of hydrogen-bond donors (Lipinski definition) is 2. The van der Waals surface area contributed by atoms with E-state index in [0.29, 0.717) is 34.8 Å². The molecule has 5 nitrogen and oxygen atoms in total. The fourth-order valence-electron chi connectivity index (χ4n) is 2.77. The van der Waals surface area contributed by atoms with Gasteiger partial charge in [0.05, 0.1) is 10.7 Å². The van der Waals surface area contributed by atoms with Crippen LogP contribution in [0.25, 0.3) is 0 Å². The molecule has 0 radical (unpaired) electrons. The smallest absolute Gasteiger partial charge is 0.261 e. The average Bonchev–Trinajstić information content (AvgIpc) is 2.49. The fourth-order valence-corrected chi connectivity index (χ4v) is 3.23. The minimum atomic E-state index is -0.630. The van der Waals surface area contributed by atoms with Crippen molar-refractivity contribution in [1.29, 1.82) is 0 Å². The molecule has 1 unspecified atom stereocenters. The predicted octanol–water partition coefficient (Wildman–Crippen LogP) is 3.70. The number of rotatable bonds is 2. The zero-order valence-corrected chi connectivity index (χ0v) is 14.3. The van der Waals surface area contributed by atoms with Gasteiger partial charge < -0.3 is 10.3 Å². The summed E-state index contributed by atoms with van der Waals surface area (Å²) >= 11 is 11.8. The number of benzene rings is 1. The first-order valence-corrected chi connectivity index (χ1v) is 8.16. The lowest BCUT2D eigenvalue weighted by Crippen LogP contribution is -2.29. The van der Waals surface area contributed by atoms with E-state index in [0.717, 1.165) is 0 Å². The molecule has 0 saturated heterocycles. The molecule has 2 N–H and O–H groups in total. The van der Waals surface area contributed by atoms with Gasteiger partial charge in [-0.1, -0.05) is 30.1 Å². The van der Waals surface area contributed by atoms with Crippen molar-refractivity contribution in [2.24, 2.45) is 5.92 Å². The second kappa shape index (κ2) is 6.42. The third-order valence-electron chi connectivity index (χ3n) is 3.93. The van der Waals surface area contributed by atoms with Crippen molar-refractivity contribution in [3.05, 3.63) is 61.5 Å². The molecule has 0 bridgehead atoms. The third kappa shape index (κ3) is 3.23.